The first-order valence-corrected chi connectivity index (χ1v) is 8.84. The van der Waals surface area contributed by atoms with Gasteiger partial charge < -0.3 is 4.74 Å². The molecule has 0 aliphatic heterocycles. The van der Waals surface area contributed by atoms with Crippen molar-refractivity contribution in [2.24, 2.45) is 0 Å². The van der Waals surface area contributed by atoms with Crippen LogP contribution in [0.3, 0.4) is 0 Å². The van der Waals surface area contributed by atoms with E-state index in [1.807, 2.05) is 0 Å². The first-order valence-electron chi connectivity index (χ1n) is 8.09. The molecule has 0 N–H and O–H groups in total. The van der Waals surface area contributed by atoms with Crippen LogP contribution >= 0.6 is 23.2 Å². The molecular weight excluding hydrogens is 337 g/mol. The number of aromatic nitrogens is 1. The maximum absolute atomic E-state index is 11.2. The monoisotopic (exact) mass is 359 g/mol. The largest absolute Gasteiger partial charge is 0.493 e. The van der Waals surface area contributed by atoms with Crippen LogP contribution < -0.4 is 4.74 Å². The molecule has 0 fully saturated rings. The highest BCUT2D eigenvalue weighted by molar-refractivity contribution is 6.68. The summed E-state index contributed by atoms with van der Waals surface area (Å²) in [6.45, 7) is 2.73. The highest BCUT2D eigenvalue weighted by Gasteiger charge is 2.12. The molecule has 1 aromatic heterocycles. The van der Waals surface area contributed by atoms with Crippen LogP contribution in [-0.2, 0) is 0 Å². The summed E-state index contributed by atoms with van der Waals surface area (Å²) < 4.78 is 5.57. The lowest BCUT2D eigenvalue weighted by molar-refractivity contribution is 0.107. The van der Waals surface area contributed by atoms with Gasteiger partial charge in [-0.05, 0) is 29.6 Å². The van der Waals surface area contributed by atoms with Crippen molar-refractivity contribution in [3.05, 3.63) is 23.5 Å². The predicted octanol–water partition coefficient (Wildman–Crippen LogP) is 5.36. The zero-order chi connectivity index (χ0) is 17.1. The van der Waals surface area contributed by atoms with Crippen LogP contribution in [0.4, 0.5) is 0 Å². The number of rotatable bonds is 12. The first kappa shape index (κ1) is 19.9. The molecule has 0 aliphatic rings. The lowest BCUT2D eigenvalue weighted by Crippen LogP contribution is -2.05. The summed E-state index contributed by atoms with van der Waals surface area (Å²) in [6, 6.07) is 2.84. The Morgan fingerprint density at radius 1 is 0.913 bits per heavy atom. The van der Waals surface area contributed by atoms with Crippen molar-refractivity contribution in [2.75, 3.05) is 6.61 Å². The predicted molar refractivity (Wildman–Crippen MR) is 92.7 cm³/mol. The second-order valence-corrected chi connectivity index (χ2v) is 6.13. The van der Waals surface area contributed by atoms with E-state index in [0.717, 1.165) is 12.8 Å². The zero-order valence-electron chi connectivity index (χ0n) is 13.4. The topological polar surface area (TPSA) is 56.3 Å². The van der Waals surface area contributed by atoms with E-state index < -0.39 is 10.5 Å². The molecule has 0 radical (unpaired) electrons. The van der Waals surface area contributed by atoms with Crippen molar-refractivity contribution < 1.29 is 14.3 Å². The lowest BCUT2D eigenvalue weighted by Gasteiger charge is -2.08. The SMILES string of the molecule is CCCCCCCCCCOc1cc(C(=O)Cl)nc(C(=O)Cl)c1. The van der Waals surface area contributed by atoms with Crippen molar-refractivity contribution in [3.63, 3.8) is 0 Å². The molecule has 0 unspecified atom stereocenters. The third-order valence-electron chi connectivity index (χ3n) is 3.47. The average Bonchev–Trinajstić information content (AvgIpc) is 2.53. The minimum absolute atomic E-state index is 0.0379. The van der Waals surface area contributed by atoms with Gasteiger partial charge in [0.2, 0.25) is 0 Å². The molecule has 0 amide bonds. The smallest absolute Gasteiger partial charge is 0.270 e. The fourth-order valence-electron chi connectivity index (χ4n) is 2.22. The van der Waals surface area contributed by atoms with Gasteiger partial charge >= 0.3 is 0 Å². The van der Waals surface area contributed by atoms with Crippen LogP contribution in [0.1, 0.15) is 79.3 Å². The first-order chi connectivity index (χ1) is 11.0. The van der Waals surface area contributed by atoms with E-state index in [2.05, 4.69) is 11.9 Å². The van der Waals surface area contributed by atoms with E-state index in [4.69, 9.17) is 27.9 Å². The van der Waals surface area contributed by atoms with Gasteiger partial charge in [-0.3, -0.25) is 9.59 Å². The van der Waals surface area contributed by atoms with Gasteiger partial charge in [0.1, 0.15) is 17.1 Å². The summed E-state index contributed by atoms with van der Waals surface area (Å²) in [6.07, 6.45) is 9.65. The van der Waals surface area contributed by atoms with Crippen molar-refractivity contribution in [3.8, 4) is 5.75 Å². The number of unbranched alkanes of at least 4 members (excludes halogenated alkanes) is 7. The third-order valence-corrected chi connectivity index (χ3v) is 3.86. The number of ether oxygens (including phenoxy) is 1. The van der Waals surface area contributed by atoms with E-state index >= 15 is 0 Å². The Hall–Kier alpha value is -1.13. The molecule has 1 aromatic rings. The van der Waals surface area contributed by atoms with E-state index in [-0.39, 0.29) is 11.4 Å². The molecule has 0 saturated carbocycles. The summed E-state index contributed by atoms with van der Waals surface area (Å²) in [5.74, 6) is 0.385. The number of carbonyl (C=O) groups is 2. The van der Waals surface area contributed by atoms with E-state index in [0.29, 0.717) is 12.4 Å². The van der Waals surface area contributed by atoms with Crippen LogP contribution in [0.2, 0.25) is 0 Å². The number of hydrogen-bond donors (Lipinski definition) is 0. The van der Waals surface area contributed by atoms with Gasteiger partial charge in [-0.2, -0.15) is 0 Å². The van der Waals surface area contributed by atoms with Crippen LogP contribution in [0.5, 0.6) is 5.75 Å². The van der Waals surface area contributed by atoms with Gasteiger partial charge in [0.05, 0.1) is 6.61 Å². The van der Waals surface area contributed by atoms with Crippen LogP contribution in [0, 0.1) is 0 Å². The molecule has 0 bridgehead atoms. The number of nitrogens with zero attached hydrogens (tertiary/aromatic N) is 1. The normalized spacial score (nSPS) is 10.6. The Labute approximate surface area is 147 Å². The Kier molecular flexibility index (Phi) is 9.88. The van der Waals surface area contributed by atoms with Gasteiger partial charge in [0.25, 0.3) is 10.5 Å². The van der Waals surface area contributed by atoms with E-state index in [9.17, 15) is 9.59 Å². The summed E-state index contributed by atoms with van der Waals surface area (Å²) in [7, 11) is 0. The Bertz CT molecular complexity index is 488. The van der Waals surface area contributed by atoms with Gasteiger partial charge in [0, 0.05) is 12.1 Å². The molecule has 128 valence electrons. The fourth-order valence-corrected chi connectivity index (χ4v) is 2.41. The number of carbonyl (C=O) groups excluding carboxylic acids is 2. The number of hydrogen-bond acceptors (Lipinski definition) is 4. The second kappa shape index (κ2) is 11.4. The summed E-state index contributed by atoms with van der Waals surface area (Å²) in [5, 5.41) is -1.50. The minimum atomic E-state index is -0.748. The van der Waals surface area contributed by atoms with Gasteiger partial charge in [-0.1, -0.05) is 51.9 Å². The summed E-state index contributed by atoms with van der Waals surface area (Å²) in [4.78, 5) is 26.2. The molecule has 0 saturated heterocycles. The van der Waals surface area contributed by atoms with Crippen LogP contribution in [0.25, 0.3) is 0 Å². The Morgan fingerprint density at radius 2 is 1.39 bits per heavy atom. The molecular formula is C17H23Cl2NO3. The van der Waals surface area contributed by atoms with Crippen molar-refractivity contribution in [1.82, 2.24) is 4.98 Å². The molecule has 1 heterocycles. The highest BCUT2D eigenvalue weighted by Crippen LogP contribution is 2.18. The molecule has 0 aliphatic carbocycles. The molecule has 6 heteroatoms. The third kappa shape index (κ3) is 8.33. The molecule has 23 heavy (non-hydrogen) atoms. The van der Waals surface area contributed by atoms with Gasteiger partial charge in [-0.25, -0.2) is 4.98 Å². The second-order valence-electron chi connectivity index (χ2n) is 5.44. The van der Waals surface area contributed by atoms with Crippen molar-refractivity contribution in [2.45, 2.75) is 58.3 Å². The van der Waals surface area contributed by atoms with Crippen LogP contribution in [-0.4, -0.2) is 22.1 Å². The Morgan fingerprint density at radius 3 is 1.87 bits per heavy atom. The van der Waals surface area contributed by atoms with Gasteiger partial charge in [0.15, 0.2) is 0 Å². The van der Waals surface area contributed by atoms with E-state index in [1.165, 1.54) is 50.7 Å². The summed E-state index contributed by atoms with van der Waals surface area (Å²) >= 11 is 10.8. The molecule has 0 spiro atoms. The zero-order valence-corrected chi connectivity index (χ0v) is 15.0. The Balaban J connectivity index is 2.34. The lowest BCUT2D eigenvalue weighted by atomic mass is 10.1. The fraction of sp³-hybridized carbons (Fsp3) is 0.588. The molecule has 0 atom stereocenters. The van der Waals surface area contributed by atoms with Crippen LogP contribution in [0.15, 0.2) is 12.1 Å². The van der Waals surface area contributed by atoms with E-state index in [1.54, 1.807) is 0 Å². The summed E-state index contributed by atoms with van der Waals surface area (Å²) in [5.41, 5.74) is -0.0758. The maximum Gasteiger partial charge on any atom is 0.270 e. The maximum atomic E-state index is 11.2. The minimum Gasteiger partial charge on any atom is -0.493 e. The molecule has 0 aromatic carbocycles. The van der Waals surface area contributed by atoms with Crippen molar-refractivity contribution >= 4 is 33.7 Å². The quantitative estimate of drug-likeness (QED) is 0.372. The average molecular weight is 360 g/mol. The number of pyridine rings is 1. The molecule has 4 nitrogen and oxygen atoms in total. The van der Waals surface area contributed by atoms with Gasteiger partial charge in [-0.15, -0.1) is 0 Å². The van der Waals surface area contributed by atoms with Crippen molar-refractivity contribution in [1.29, 1.82) is 0 Å². The highest BCUT2D eigenvalue weighted by atomic mass is 35.5. The number of halogens is 2. The standard InChI is InChI=1S/C17H23Cl2NO3/c1-2-3-4-5-6-7-8-9-10-23-13-11-14(16(18)21)20-15(12-13)17(19)22/h11-12H,2-10H2,1H3. The molecule has 1 rings (SSSR count).